The second-order valence-electron chi connectivity index (χ2n) is 7.47. The van der Waals surface area contributed by atoms with Crippen LogP contribution in [-0.2, 0) is 9.47 Å². The van der Waals surface area contributed by atoms with Crippen LogP contribution < -0.4 is 0 Å². The van der Waals surface area contributed by atoms with Crippen molar-refractivity contribution in [1.29, 1.82) is 0 Å². The molecule has 3 aromatic rings. The maximum atomic E-state index is 12.9. The van der Waals surface area contributed by atoms with Crippen molar-refractivity contribution >= 4 is 29.0 Å². The molecule has 2 aromatic carbocycles. The van der Waals surface area contributed by atoms with Crippen molar-refractivity contribution in [3.63, 3.8) is 0 Å². The number of H-pyrrole nitrogens is 1. The lowest BCUT2D eigenvalue weighted by atomic mass is 10.0. The Bertz CT molecular complexity index is 1040. The fourth-order valence-corrected chi connectivity index (χ4v) is 4.04. The molecule has 2 saturated heterocycles. The first-order valence-corrected chi connectivity index (χ1v) is 10.0. The first-order valence-electron chi connectivity index (χ1n) is 10.0. The van der Waals surface area contributed by atoms with Crippen LogP contribution >= 0.6 is 0 Å². The molecule has 2 fully saturated rings. The lowest BCUT2D eigenvalue weighted by molar-refractivity contribution is -0.160. The zero-order chi connectivity index (χ0) is 19.6. The molecule has 2 aliphatic rings. The predicted octanol–water partition coefficient (Wildman–Crippen LogP) is 3.36. The molecule has 0 radical (unpaired) electrons. The molecule has 2 unspecified atom stereocenters. The number of likely N-dealkylation sites (tertiary alicyclic amines) is 1. The van der Waals surface area contributed by atoms with Crippen LogP contribution in [0.4, 0.5) is 0 Å². The number of rotatable bonds is 3. The third-order valence-electron chi connectivity index (χ3n) is 5.62. The summed E-state index contributed by atoms with van der Waals surface area (Å²) in [5, 5.41) is 8.48. The normalized spacial score (nSPS) is 22.1. The van der Waals surface area contributed by atoms with Crippen molar-refractivity contribution in [3.05, 3.63) is 65.4 Å². The zero-order valence-electron chi connectivity index (χ0n) is 16.1. The number of amides is 1. The van der Waals surface area contributed by atoms with E-state index in [1.165, 1.54) is 0 Å². The van der Waals surface area contributed by atoms with Crippen LogP contribution in [0.3, 0.4) is 0 Å². The van der Waals surface area contributed by atoms with Crippen LogP contribution in [0, 0.1) is 0 Å². The SMILES string of the molecule is O=C(c1ccc(/C=C/c2n[nH]c3ccccc23)cc1)N1CCC2OCCOC2C1. The first-order chi connectivity index (χ1) is 14.3. The second-order valence-corrected chi connectivity index (χ2v) is 7.47. The number of piperidine rings is 1. The van der Waals surface area contributed by atoms with Crippen molar-refractivity contribution < 1.29 is 14.3 Å². The summed E-state index contributed by atoms with van der Waals surface area (Å²) in [6.45, 7) is 2.56. The summed E-state index contributed by atoms with van der Waals surface area (Å²) in [4.78, 5) is 14.7. The van der Waals surface area contributed by atoms with E-state index in [1.807, 2.05) is 65.6 Å². The van der Waals surface area contributed by atoms with E-state index in [-0.39, 0.29) is 18.1 Å². The number of para-hydroxylation sites is 1. The fourth-order valence-electron chi connectivity index (χ4n) is 4.04. The molecule has 29 heavy (non-hydrogen) atoms. The van der Waals surface area contributed by atoms with Crippen LogP contribution in [0.15, 0.2) is 48.5 Å². The standard InChI is InChI=1S/C23H23N3O3/c27-23(26-12-11-21-22(15-26)29-14-13-28-21)17-8-5-16(6-9-17)7-10-20-18-3-1-2-4-19(18)24-25-20/h1-10,21-22H,11-15H2,(H,24,25)/b10-7+. The Labute approximate surface area is 169 Å². The Morgan fingerprint density at radius 1 is 1.03 bits per heavy atom. The van der Waals surface area contributed by atoms with Gasteiger partial charge in [0.1, 0.15) is 6.10 Å². The molecule has 0 spiro atoms. The molecule has 3 heterocycles. The molecular formula is C23H23N3O3. The Morgan fingerprint density at radius 3 is 2.69 bits per heavy atom. The average Bonchev–Trinajstić information content (AvgIpc) is 3.20. The van der Waals surface area contributed by atoms with Gasteiger partial charge in [0, 0.05) is 24.0 Å². The van der Waals surface area contributed by atoms with Gasteiger partial charge >= 0.3 is 0 Å². The van der Waals surface area contributed by atoms with Crippen LogP contribution in [-0.4, -0.2) is 59.5 Å². The van der Waals surface area contributed by atoms with Gasteiger partial charge in [0.15, 0.2) is 0 Å². The van der Waals surface area contributed by atoms with Crippen LogP contribution in [0.1, 0.15) is 28.0 Å². The topological polar surface area (TPSA) is 67.5 Å². The number of hydrogen-bond acceptors (Lipinski definition) is 4. The van der Waals surface area contributed by atoms with Crippen molar-refractivity contribution in [3.8, 4) is 0 Å². The molecule has 5 rings (SSSR count). The minimum atomic E-state index is -0.00710. The highest BCUT2D eigenvalue weighted by Gasteiger charge is 2.35. The maximum absolute atomic E-state index is 12.9. The molecule has 1 amide bonds. The molecule has 0 bridgehead atoms. The highest BCUT2D eigenvalue weighted by molar-refractivity contribution is 5.95. The minimum absolute atomic E-state index is 0.00710. The number of nitrogens with one attached hydrogen (secondary N) is 1. The Kier molecular flexibility index (Phi) is 4.87. The van der Waals surface area contributed by atoms with Gasteiger partial charge in [-0.2, -0.15) is 5.10 Å². The molecule has 6 nitrogen and oxygen atoms in total. The number of nitrogens with zero attached hydrogens (tertiary/aromatic N) is 2. The van der Waals surface area contributed by atoms with Gasteiger partial charge in [0.2, 0.25) is 0 Å². The lowest BCUT2D eigenvalue weighted by Crippen LogP contribution is -2.53. The van der Waals surface area contributed by atoms with Crippen molar-refractivity contribution in [1.82, 2.24) is 15.1 Å². The Hall–Kier alpha value is -2.96. The van der Waals surface area contributed by atoms with Gasteiger partial charge in [-0.15, -0.1) is 0 Å². The number of hydrogen-bond donors (Lipinski definition) is 1. The molecule has 0 aliphatic carbocycles. The highest BCUT2D eigenvalue weighted by atomic mass is 16.6. The minimum Gasteiger partial charge on any atom is -0.373 e. The molecule has 1 N–H and O–H groups in total. The van der Waals surface area contributed by atoms with E-state index >= 15 is 0 Å². The summed E-state index contributed by atoms with van der Waals surface area (Å²) in [7, 11) is 0. The summed E-state index contributed by atoms with van der Waals surface area (Å²) >= 11 is 0. The summed E-state index contributed by atoms with van der Waals surface area (Å²) in [6.07, 6.45) is 4.94. The quantitative estimate of drug-likeness (QED) is 0.746. The number of fused-ring (bicyclic) bond motifs is 2. The molecule has 2 aliphatic heterocycles. The molecule has 0 saturated carbocycles. The van der Waals surface area contributed by atoms with Gasteiger partial charge in [-0.1, -0.05) is 36.4 Å². The lowest BCUT2D eigenvalue weighted by Gasteiger charge is -2.40. The van der Waals surface area contributed by atoms with Crippen LogP contribution in [0.25, 0.3) is 23.1 Å². The zero-order valence-corrected chi connectivity index (χ0v) is 16.1. The third-order valence-corrected chi connectivity index (χ3v) is 5.62. The number of aromatic nitrogens is 2. The summed E-state index contributed by atoms with van der Waals surface area (Å²) < 4.78 is 11.5. The van der Waals surface area contributed by atoms with Crippen molar-refractivity contribution in [2.75, 3.05) is 26.3 Å². The van der Waals surface area contributed by atoms with E-state index < -0.39 is 0 Å². The van der Waals surface area contributed by atoms with Gasteiger partial charge in [-0.05, 0) is 36.3 Å². The fraction of sp³-hybridized carbons (Fsp3) is 0.304. The van der Waals surface area contributed by atoms with Crippen LogP contribution in [0.2, 0.25) is 0 Å². The third kappa shape index (κ3) is 3.69. The Balaban J connectivity index is 1.27. The monoisotopic (exact) mass is 389 g/mol. The van der Waals surface area contributed by atoms with E-state index in [9.17, 15) is 4.79 Å². The van der Waals surface area contributed by atoms with E-state index in [4.69, 9.17) is 9.47 Å². The summed E-state index contributed by atoms with van der Waals surface area (Å²) in [5.74, 6) is 0.0476. The number of carbonyl (C=O) groups is 1. The molecular weight excluding hydrogens is 366 g/mol. The average molecular weight is 389 g/mol. The molecule has 148 valence electrons. The summed E-state index contributed by atoms with van der Waals surface area (Å²) in [6, 6.07) is 15.7. The number of carbonyl (C=O) groups excluding carboxylic acids is 1. The molecule has 1 aromatic heterocycles. The van der Waals surface area contributed by atoms with E-state index in [0.717, 1.165) is 28.6 Å². The summed E-state index contributed by atoms with van der Waals surface area (Å²) in [5.41, 5.74) is 3.64. The largest absolute Gasteiger partial charge is 0.373 e. The molecule has 2 atom stereocenters. The van der Waals surface area contributed by atoms with Crippen LogP contribution in [0.5, 0.6) is 0 Å². The van der Waals surface area contributed by atoms with E-state index in [2.05, 4.69) is 10.2 Å². The van der Waals surface area contributed by atoms with Crippen molar-refractivity contribution in [2.24, 2.45) is 0 Å². The molecule has 6 heteroatoms. The number of benzene rings is 2. The van der Waals surface area contributed by atoms with Gasteiger partial charge in [0.05, 0.1) is 30.5 Å². The van der Waals surface area contributed by atoms with Gasteiger partial charge in [-0.3, -0.25) is 9.89 Å². The number of ether oxygens (including phenoxy) is 2. The smallest absolute Gasteiger partial charge is 0.253 e. The van der Waals surface area contributed by atoms with Gasteiger partial charge < -0.3 is 14.4 Å². The highest BCUT2D eigenvalue weighted by Crippen LogP contribution is 2.22. The second kappa shape index (κ2) is 7.81. The van der Waals surface area contributed by atoms with E-state index in [1.54, 1.807) is 0 Å². The first kappa shape index (κ1) is 18.1. The van der Waals surface area contributed by atoms with Crippen molar-refractivity contribution in [2.45, 2.75) is 18.6 Å². The maximum Gasteiger partial charge on any atom is 0.253 e. The van der Waals surface area contributed by atoms with E-state index in [0.29, 0.717) is 31.9 Å². The Morgan fingerprint density at radius 2 is 1.83 bits per heavy atom. The predicted molar refractivity (Wildman–Crippen MR) is 111 cm³/mol. The number of aromatic amines is 1. The van der Waals surface area contributed by atoms with Gasteiger partial charge in [0.25, 0.3) is 5.91 Å². The van der Waals surface area contributed by atoms with Gasteiger partial charge in [-0.25, -0.2) is 0 Å².